The van der Waals surface area contributed by atoms with Gasteiger partial charge in [0.2, 0.25) is 0 Å². The maximum absolute atomic E-state index is 12.5. The highest BCUT2D eigenvalue weighted by molar-refractivity contribution is 5.95. The molecule has 134 valence electrons. The molecule has 0 spiro atoms. The molecule has 0 aromatic heterocycles. The topological polar surface area (TPSA) is 75.6 Å². The van der Waals surface area contributed by atoms with Crippen molar-refractivity contribution in [3.8, 4) is 11.1 Å². The molecule has 2 unspecified atom stereocenters. The summed E-state index contributed by atoms with van der Waals surface area (Å²) in [6.07, 6.45) is 1.56. The number of aliphatic carboxylic acids is 1. The monoisotopic (exact) mass is 351 g/mol. The van der Waals surface area contributed by atoms with Gasteiger partial charge in [0, 0.05) is 12.0 Å². The lowest BCUT2D eigenvalue weighted by Crippen LogP contribution is -2.42. The second-order valence-electron chi connectivity index (χ2n) is 6.88. The van der Waals surface area contributed by atoms with E-state index >= 15 is 0 Å². The average molecular weight is 351 g/mol. The Bertz CT molecular complexity index is 796. The zero-order valence-electron chi connectivity index (χ0n) is 14.4. The Morgan fingerprint density at radius 1 is 1.08 bits per heavy atom. The van der Waals surface area contributed by atoms with Crippen LogP contribution < -0.4 is 5.32 Å². The molecule has 5 nitrogen and oxygen atoms in total. The quantitative estimate of drug-likeness (QED) is 0.640. The molecule has 2 N–H and O–H groups in total. The number of fused-ring (bicyclic) bond motifs is 3. The van der Waals surface area contributed by atoms with E-state index < -0.39 is 17.9 Å². The highest BCUT2D eigenvalue weighted by atomic mass is 16.5. The Morgan fingerprint density at radius 2 is 1.69 bits per heavy atom. The maximum Gasteiger partial charge on any atom is 0.321 e. The van der Waals surface area contributed by atoms with Crippen LogP contribution >= 0.6 is 0 Å². The Balaban J connectivity index is 1.54. The van der Waals surface area contributed by atoms with Gasteiger partial charge >= 0.3 is 11.9 Å². The molecule has 4 rings (SSSR count). The zero-order valence-corrected chi connectivity index (χ0v) is 14.4. The maximum atomic E-state index is 12.5. The van der Waals surface area contributed by atoms with Crippen LogP contribution in [-0.2, 0) is 14.3 Å². The smallest absolute Gasteiger partial charge is 0.321 e. The molecule has 2 aliphatic rings. The minimum absolute atomic E-state index is 0.0580. The molecule has 1 aliphatic carbocycles. The molecule has 1 heterocycles. The summed E-state index contributed by atoms with van der Waals surface area (Å²) in [5.41, 5.74) is 4.53. The number of hydrogen-bond donors (Lipinski definition) is 2. The fraction of sp³-hybridized carbons (Fsp3) is 0.333. The van der Waals surface area contributed by atoms with E-state index in [-0.39, 0.29) is 18.6 Å². The summed E-state index contributed by atoms with van der Waals surface area (Å²) in [6.45, 7) is 0.897. The number of nitrogens with one attached hydrogen (secondary N) is 1. The summed E-state index contributed by atoms with van der Waals surface area (Å²) in [5.74, 6) is -2.98. The molecular weight excluding hydrogens is 330 g/mol. The van der Waals surface area contributed by atoms with Crippen LogP contribution in [0.2, 0.25) is 0 Å². The van der Waals surface area contributed by atoms with Gasteiger partial charge in [0.05, 0.1) is 0 Å². The fourth-order valence-corrected chi connectivity index (χ4v) is 4.13. The highest BCUT2D eigenvalue weighted by Crippen LogP contribution is 2.44. The second-order valence-corrected chi connectivity index (χ2v) is 6.88. The molecule has 1 saturated heterocycles. The van der Waals surface area contributed by atoms with Crippen LogP contribution in [0.1, 0.15) is 29.9 Å². The van der Waals surface area contributed by atoms with Gasteiger partial charge in [-0.1, -0.05) is 48.5 Å². The number of rotatable bonds is 5. The first kappa shape index (κ1) is 16.8. The van der Waals surface area contributed by atoms with Crippen molar-refractivity contribution in [3.05, 3.63) is 59.7 Å². The number of esters is 1. The molecule has 0 radical (unpaired) electrons. The zero-order chi connectivity index (χ0) is 18.1. The second kappa shape index (κ2) is 6.92. The van der Waals surface area contributed by atoms with Gasteiger partial charge in [-0.05, 0) is 41.6 Å². The van der Waals surface area contributed by atoms with E-state index in [1.54, 1.807) is 0 Å². The molecule has 5 heteroatoms. The van der Waals surface area contributed by atoms with E-state index in [1.807, 2.05) is 36.4 Å². The van der Waals surface area contributed by atoms with Crippen molar-refractivity contribution in [3.63, 3.8) is 0 Å². The number of benzene rings is 2. The standard InChI is InChI=1S/C21H21NO4/c23-20(24)19(18-10-5-11-22-18)21(25)26-12-17-15-8-3-1-6-13(15)14-7-2-4-9-16(14)17/h1-4,6-9,17-19,22H,5,10-12H2,(H,23,24). The molecule has 2 aromatic rings. The van der Waals surface area contributed by atoms with Crippen molar-refractivity contribution in [1.82, 2.24) is 5.32 Å². The van der Waals surface area contributed by atoms with Crippen molar-refractivity contribution < 1.29 is 19.4 Å². The number of ether oxygens (including phenoxy) is 1. The van der Waals surface area contributed by atoms with Gasteiger partial charge in [-0.2, -0.15) is 0 Å². The van der Waals surface area contributed by atoms with Crippen LogP contribution in [0, 0.1) is 5.92 Å². The van der Waals surface area contributed by atoms with E-state index in [2.05, 4.69) is 17.4 Å². The van der Waals surface area contributed by atoms with Crippen LogP contribution in [0.4, 0.5) is 0 Å². The lowest BCUT2D eigenvalue weighted by molar-refractivity contribution is -0.160. The lowest BCUT2D eigenvalue weighted by Gasteiger charge is -2.20. The summed E-state index contributed by atoms with van der Waals surface area (Å²) in [4.78, 5) is 24.1. The molecule has 2 aromatic carbocycles. The van der Waals surface area contributed by atoms with Crippen molar-refractivity contribution in [2.45, 2.75) is 24.8 Å². The van der Waals surface area contributed by atoms with Crippen molar-refractivity contribution in [2.24, 2.45) is 5.92 Å². The van der Waals surface area contributed by atoms with E-state index in [4.69, 9.17) is 4.74 Å². The molecular formula is C21H21NO4. The Kier molecular flexibility index (Phi) is 4.47. The van der Waals surface area contributed by atoms with Crippen LogP contribution in [0.3, 0.4) is 0 Å². The van der Waals surface area contributed by atoms with Gasteiger partial charge < -0.3 is 15.2 Å². The average Bonchev–Trinajstić information content (AvgIpc) is 3.26. The van der Waals surface area contributed by atoms with Crippen molar-refractivity contribution in [1.29, 1.82) is 0 Å². The number of hydrogen-bond acceptors (Lipinski definition) is 4. The van der Waals surface area contributed by atoms with Crippen molar-refractivity contribution >= 4 is 11.9 Å². The lowest BCUT2D eigenvalue weighted by atomic mass is 9.97. The number of carboxylic acids is 1. The van der Waals surface area contributed by atoms with Gasteiger partial charge in [0.1, 0.15) is 6.61 Å². The van der Waals surface area contributed by atoms with E-state index in [0.717, 1.165) is 35.2 Å². The molecule has 0 amide bonds. The predicted molar refractivity (Wildman–Crippen MR) is 96.8 cm³/mol. The van der Waals surface area contributed by atoms with Gasteiger partial charge in [-0.3, -0.25) is 9.59 Å². The van der Waals surface area contributed by atoms with E-state index in [0.29, 0.717) is 6.42 Å². The molecule has 2 atom stereocenters. The van der Waals surface area contributed by atoms with E-state index in [9.17, 15) is 14.7 Å². The first-order valence-electron chi connectivity index (χ1n) is 8.98. The van der Waals surface area contributed by atoms with Gasteiger partial charge in [0.15, 0.2) is 5.92 Å². The van der Waals surface area contributed by atoms with E-state index in [1.165, 1.54) is 0 Å². The minimum Gasteiger partial charge on any atom is -0.481 e. The third kappa shape index (κ3) is 2.88. The number of carbonyl (C=O) groups excluding carboxylic acids is 1. The Hall–Kier alpha value is -2.66. The van der Waals surface area contributed by atoms with Crippen LogP contribution in [0.5, 0.6) is 0 Å². The summed E-state index contributed by atoms with van der Waals surface area (Å²) < 4.78 is 5.52. The van der Waals surface area contributed by atoms with Crippen LogP contribution in [0.15, 0.2) is 48.5 Å². The number of carboxylic acid groups (broad SMARTS) is 1. The summed E-state index contributed by atoms with van der Waals surface area (Å²) in [5, 5.41) is 12.6. The predicted octanol–water partition coefficient (Wildman–Crippen LogP) is 2.79. The summed E-state index contributed by atoms with van der Waals surface area (Å²) >= 11 is 0. The fourth-order valence-electron chi connectivity index (χ4n) is 4.13. The Morgan fingerprint density at radius 3 is 2.23 bits per heavy atom. The first-order chi connectivity index (χ1) is 12.7. The van der Waals surface area contributed by atoms with Gasteiger partial charge in [0.25, 0.3) is 0 Å². The summed E-state index contributed by atoms with van der Waals surface area (Å²) in [7, 11) is 0. The number of carbonyl (C=O) groups is 2. The molecule has 0 bridgehead atoms. The SMILES string of the molecule is O=C(O)C(C(=O)OCC1c2ccccc2-c2ccccc21)C1CCCN1. The molecule has 0 saturated carbocycles. The third-order valence-corrected chi connectivity index (χ3v) is 5.38. The normalized spacial score (nSPS) is 19.6. The first-order valence-corrected chi connectivity index (χ1v) is 8.98. The molecule has 1 fully saturated rings. The van der Waals surface area contributed by atoms with Gasteiger partial charge in [-0.15, -0.1) is 0 Å². The van der Waals surface area contributed by atoms with Gasteiger partial charge in [-0.25, -0.2) is 0 Å². The molecule has 1 aliphatic heterocycles. The summed E-state index contributed by atoms with van der Waals surface area (Å²) in [6, 6.07) is 15.8. The van der Waals surface area contributed by atoms with Crippen LogP contribution in [0.25, 0.3) is 11.1 Å². The minimum atomic E-state index is -1.15. The molecule has 26 heavy (non-hydrogen) atoms. The Labute approximate surface area is 152 Å². The van der Waals surface area contributed by atoms with Crippen LogP contribution in [-0.4, -0.2) is 36.2 Å². The largest absolute Gasteiger partial charge is 0.481 e. The third-order valence-electron chi connectivity index (χ3n) is 5.38. The van der Waals surface area contributed by atoms with Crippen molar-refractivity contribution in [2.75, 3.05) is 13.2 Å². The highest BCUT2D eigenvalue weighted by Gasteiger charge is 2.38.